The van der Waals surface area contributed by atoms with Crippen LogP contribution in [0, 0.1) is 18.6 Å². The molecule has 0 amide bonds. The highest BCUT2D eigenvalue weighted by Gasteiger charge is 2.21. The third kappa shape index (κ3) is 4.65. The van der Waals surface area contributed by atoms with Crippen molar-refractivity contribution in [2.24, 2.45) is 0 Å². The van der Waals surface area contributed by atoms with Crippen LogP contribution < -0.4 is 10.8 Å². The lowest BCUT2D eigenvalue weighted by molar-refractivity contribution is 0.587. The second kappa shape index (κ2) is 9.21. The molecule has 3 aromatic heterocycles. The number of nitrogens with one attached hydrogen (secondary N) is 1. The Labute approximate surface area is 205 Å². The van der Waals surface area contributed by atoms with Gasteiger partial charge in [0.1, 0.15) is 24.2 Å². The van der Waals surface area contributed by atoms with Crippen LogP contribution in [0.2, 0.25) is 10.0 Å². The highest BCUT2D eigenvalue weighted by Crippen LogP contribution is 2.37. The number of anilines is 1. The first-order valence-electron chi connectivity index (χ1n) is 10.4. The molecule has 5 nitrogen and oxygen atoms in total. The predicted molar refractivity (Wildman–Crippen MR) is 135 cm³/mol. The SMILES string of the molecule is Cc1nc2cc(F)c(-c3ccc(P(C)(C)=O)nc3)nc2c(N[C@H](C)c2cccc(Cl)c2F)c1Cl. The summed E-state index contributed by atoms with van der Waals surface area (Å²) in [6.07, 6.45) is 1.44. The minimum Gasteiger partial charge on any atom is -0.375 e. The molecular weight excluding hydrogens is 500 g/mol. The topological polar surface area (TPSA) is 67.8 Å². The van der Waals surface area contributed by atoms with Crippen LogP contribution in [0.1, 0.15) is 24.2 Å². The van der Waals surface area contributed by atoms with Crippen molar-refractivity contribution in [1.82, 2.24) is 15.0 Å². The number of hydrogen-bond acceptors (Lipinski definition) is 5. The molecular formula is C24H21Cl2F2N4OP. The van der Waals surface area contributed by atoms with Crippen LogP contribution in [0.25, 0.3) is 22.3 Å². The highest BCUT2D eigenvalue weighted by molar-refractivity contribution is 7.69. The summed E-state index contributed by atoms with van der Waals surface area (Å²) < 4.78 is 41.9. The van der Waals surface area contributed by atoms with Crippen molar-refractivity contribution in [2.75, 3.05) is 18.6 Å². The van der Waals surface area contributed by atoms with Gasteiger partial charge in [0.15, 0.2) is 5.82 Å². The molecule has 0 aliphatic carbocycles. The average Bonchev–Trinajstić information content (AvgIpc) is 2.78. The maximum Gasteiger partial charge on any atom is 0.151 e. The van der Waals surface area contributed by atoms with Crippen molar-refractivity contribution >= 4 is 52.5 Å². The smallest absolute Gasteiger partial charge is 0.151 e. The van der Waals surface area contributed by atoms with Crippen LogP contribution in [0.5, 0.6) is 0 Å². The third-order valence-corrected chi connectivity index (χ3v) is 7.52. The van der Waals surface area contributed by atoms with Gasteiger partial charge in [0.25, 0.3) is 0 Å². The fraction of sp³-hybridized carbons (Fsp3) is 0.208. The molecule has 1 atom stereocenters. The van der Waals surface area contributed by atoms with Crippen LogP contribution in [-0.2, 0) is 4.57 Å². The highest BCUT2D eigenvalue weighted by atomic mass is 35.5. The van der Waals surface area contributed by atoms with E-state index in [1.54, 1.807) is 51.4 Å². The van der Waals surface area contributed by atoms with Crippen LogP contribution in [0.4, 0.5) is 14.5 Å². The molecule has 0 saturated heterocycles. The van der Waals surface area contributed by atoms with Gasteiger partial charge in [0.05, 0.1) is 38.4 Å². The molecule has 0 radical (unpaired) electrons. The van der Waals surface area contributed by atoms with E-state index in [0.717, 1.165) is 0 Å². The molecule has 176 valence electrons. The molecule has 1 aromatic carbocycles. The monoisotopic (exact) mass is 520 g/mol. The molecule has 0 unspecified atom stereocenters. The summed E-state index contributed by atoms with van der Waals surface area (Å²) in [5, 5.41) is 3.50. The second-order valence-electron chi connectivity index (χ2n) is 8.34. The van der Waals surface area contributed by atoms with Crippen LogP contribution >= 0.6 is 30.3 Å². The van der Waals surface area contributed by atoms with Crippen molar-refractivity contribution in [3.63, 3.8) is 0 Å². The minimum absolute atomic E-state index is 0.00940. The first-order chi connectivity index (χ1) is 16.0. The lowest BCUT2D eigenvalue weighted by Crippen LogP contribution is -2.11. The Balaban J connectivity index is 1.84. The van der Waals surface area contributed by atoms with Crippen LogP contribution in [0.3, 0.4) is 0 Å². The Hall–Kier alpha value is -2.60. The van der Waals surface area contributed by atoms with E-state index in [9.17, 15) is 8.96 Å². The first-order valence-corrected chi connectivity index (χ1v) is 13.7. The van der Waals surface area contributed by atoms with Crippen molar-refractivity contribution in [2.45, 2.75) is 19.9 Å². The van der Waals surface area contributed by atoms with Gasteiger partial charge in [-0.3, -0.25) is 4.98 Å². The van der Waals surface area contributed by atoms with Crippen molar-refractivity contribution in [1.29, 1.82) is 0 Å². The van der Waals surface area contributed by atoms with Gasteiger partial charge in [-0.1, -0.05) is 35.3 Å². The molecule has 0 aliphatic rings. The third-order valence-electron chi connectivity index (χ3n) is 5.40. The quantitative estimate of drug-likeness (QED) is 0.287. The molecule has 10 heteroatoms. The van der Waals surface area contributed by atoms with E-state index in [4.69, 9.17) is 23.2 Å². The van der Waals surface area contributed by atoms with Crippen molar-refractivity contribution in [3.8, 4) is 11.3 Å². The molecule has 0 fully saturated rings. The Morgan fingerprint density at radius 2 is 1.82 bits per heavy atom. The van der Waals surface area contributed by atoms with Crippen LogP contribution in [-0.4, -0.2) is 28.3 Å². The molecule has 0 spiro atoms. The molecule has 3 heterocycles. The largest absolute Gasteiger partial charge is 0.375 e. The Morgan fingerprint density at radius 1 is 1.09 bits per heavy atom. The van der Waals surface area contributed by atoms with Crippen molar-refractivity contribution < 1.29 is 13.3 Å². The van der Waals surface area contributed by atoms with Gasteiger partial charge in [0, 0.05) is 23.4 Å². The maximum absolute atomic E-state index is 15.0. The summed E-state index contributed by atoms with van der Waals surface area (Å²) in [4.78, 5) is 13.1. The first kappa shape index (κ1) is 24.5. The lowest BCUT2D eigenvalue weighted by atomic mass is 10.1. The Morgan fingerprint density at radius 3 is 2.47 bits per heavy atom. The van der Waals surface area contributed by atoms with Gasteiger partial charge in [-0.25, -0.2) is 18.7 Å². The predicted octanol–water partition coefficient (Wildman–Crippen LogP) is 7.01. The molecule has 4 rings (SSSR count). The zero-order valence-electron chi connectivity index (χ0n) is 18.8. The summed E-state index contributed by atoms with van der Waals surface area (Å²) in [5.74, 6) is -1.13. The van der Waals surface area contributed by atoms with E-state index in [-0.39, 0.29) is 10.7 Å². The zero-order chi connectivity index (χ0) is 24.8. The number of nitrogens with zero attached hydrogens (tertiary/aromatic N) is 3. The number of halogens is 4. The molecule has 0 saturated carbocycles. The lowest BCUT2D eigenvalue weighted by Gasteiger charge is -2.20. The Kier molecular flexibility index (Phi) is 6.65. The van der Waals surface area contributed by atoms with E-state index in [1.807, 2.05) is 0 Å². The summed E-state index contributed by atoms with van der Waals surface area (Å²) in [6.45, 7) is 6.68. The van der Waals surface area contributed by atoms with E-state index < -0.39 is 24.8 Å². The molecule has 34 heavy (non-hydrogen) atoms. The minimum atomic E-state index is -2.56. The standard InChI is InChI=1S/C24H21Cl2F2N4OP/c1-12(15-6-5-7-16(25)21(15)28)31-24-20(26)13(2)30-18-10-17(27)22(32-23(18)24)14-8-9-19(29-11-14)34(3,4)33/h5-12H,1-4H3,(H,30,31)/t12-/m1/s1. The van der Waals surface area contributed by atoms with Gasteiger partial charge in [0.2, 0.25) is 0 Å². The number of aromatic nitrogens is 3. The van der Waals surface area contributed by atoms with Gasteiger partial charge in [-0.05, 0) is 45.4 Å². The Bertz CT molecular complexity index is 1460. The number of hydrogen-bond donors (Lipinski definition) is 1. The molecule has 0 aliphatic heterocycles. The fourth-order valence-corrected chi connectivity index (χ4v) is 4.73. The maximum atomic E-state index is 15.0. The van der Waals surface area contributed by atoms with Gasteiger partial charge >= 0.3 is 0 Å². The average molecular weight is 521 g/mol. The van der Waals surface area contributed by atoms with E-state index in [0.29, 0.717) is 44.0 Å². The number of fused-ring (bicyclic) bond motifs is 1. The fourth-order valence-electron chi connectivity index (χ4n) is 3.59. The zero-order valence-corrected chi connectivity index (χ0v) is 21.2. The van der Waals surface area contributed by atoms with Crippen molar-refractivity contribution in [3.05, 3.63) is 75.5 Å². The summed E-state index contributed by atoms with van der Waals surface area (Å²) in [7, 11) is -2.56. The van der Waals surface area contributed by atoms with Gasteiger partial charge in [-0.2, -0.15) is 0 Å². The van der Waals surface area contributed by atoms with Crippen LogP contribution in [0.15, 0.2) is 42.6 Å². The summed E-state index contributed by atoms with van der Waals surface area (Å²) >= 11 is 12.5. The number of benzene rings is 1. The van der Waals surface area contributed by atoms with E-state index in [1.165, 1.54) is 18.3 Å². The summed E-state index contributed by atoms with van der Waals surface area (Å²) in [5.41, 5.74) is 2.72. The molecule has 0 bridgehead atoms. The molecule has 1 N–H and O–H groups in total. The number of aryl methyl sites for hydroxylation is 1. The van der Waals surface area contributed by atoms with E-state index >= 15 is 4.39 Å². The number of pyridine rings is 3. The van der Waals surface area contributed by atoms with E-state index in [2.05, 4.69) is 20.3 Å². The normalized spacial score (nSPS) is 12.7. The van der Waals surface area contributed by atoms with Gasteiger partial charge in [-0.15, -0.1) is 0 Å². The molecule has 4 aromatic rings. The summed E-state index contributed by atoms with van der Waals surface area (Å²) in [6, 6.07) is 8.72. The second-order valence-corrected chi connectivity index (χ2v) is 12.3. The van der Waals surface area contributed by atoms with Gasteiger partial charge < -0.3 is 9.88 Å². The number of rotatable bonds is 5.